The summed E-state index contributed by atoms with van der Waals surface area (Å²) in [6.45, 7) is 1.97. The molecule has 4 nitrogen and oxygen atoms in total. The Labute approximate surface area is 123 Å². The van der Waals surface area contributed by atoms with Gasteiger partial charge < -0.3 is 15.4 Å². The van der Waals surface area contributed by atoms with Gasteiger partial charge in [-0.1, -0.05) is 32.0 Å². The zero-order valence-electron chi connectivity index (χ0n) is 12.6. The SMILES string of the molecule is CN(CC(C)(C)CN)C(=O)Cc1ccccc1OC(F)F. The molecule has 0 heterocycles. The minimum atomic E-state index is -2.91. The van der Waals surface area contributed by atoms with E-state index in [1.165, 1.54) is 6.07 Å². The van der Waals surface area contributed by atoms with E-state index < -0.39 is 6.61 Å². The van der Waals surface area contributed by atoms with Crippen molar-refractivity contribution in [2.75, 3.05) is 20.1 Å². The Morgan fingerprint density at radius 2 is 2.00 bits per heavy atom. The van der Waals surface area contributed by atoms with Gasteiger partial charge in [-0.2, -0.15) is 8.78 Å². The molecule has 1 rings (SSSR count). The number of likely N-dealkylation sites (N-methyl/N-ethyl adjacent to an activating group) is 1. The van der Waals surface area contributed by atoms with E-state index in [1.54, 1.807) is 30.1 Å². The third-order valence-electron chi connectivity index (χ3n) is 3.17. The van der Waals surface area contributed by atoms with Crippen molar-refractivity contribution in [3.8, 4) is 5.75 Å². The Morgan fingerprint density at radius 1 is 1.38 bits per heavy atom. The molecule has 6 heteroatoms. The summed E-state index contributed by atoms with van der Waals surface area (Å²) in [4.78, 5) is 13.7. The van der Waals surface area contributed by atoms with Crippen LogP contribution >= 0.6 is 0 Å². The van der Waals surface area contributed by atoms with Crippen molar-refractivity contribution in [3.63, 3.8) is 0 Å². The van der Waals surface area contributed by atoms with E-state index in [2.05, 4.69) is 4.74 Å². The second-order valence-corrected chi connectivity index (χ2v) is 5.78. The molecule has 2 N–H and O–H groups in total. The Morgan fingerprint density at radius 3 is 2.57 bits per heavy atom. The highest BCUT2D eigenvalue weighted by Gasteiger charge is 2.22. The molecule has 0 aliphatic carbocycles. The Bertz CT molecular complexity index is 478. The summed E-state index contributed by atoms with van der Waals surface area (Å²) in [5.41, 5.74) is 5.90. The maximum atomic E-state index is 12.3. The normalized spacial score (nSPS) is 11.6. The van der Waals surface area contributed by atoms with Crippen LogP contribution in [-0.4, -0.2) is 37.6 Å². The Kier molecular flexibility index (Phi) is 6.08. The molecule has 0 radical (unpaired) electrons. The van der Waals surface area contributed by atoms with Gasteiger partial charge in [0.05, 0.1) is 6.42 Å². The van der Waals surface area contributed by atoms with Gasteiger partial charge in [-0.3, -0.25) is 4.79 Å². The molecule has 0 unspecified atom stereocenters. The van der Waals surface area contributed by atoms with Gasteiger partial charge in [0.2, 0.25) is 5.91 Å². The number of carbonyl (C=O) groups is 1. The average molecular weight is 300 g/mol. The number of rotatable bonds is 7. The standard InChI is InChI=1S/C15H22F2N2O2/c1-15(2,9-18)10-19(3)13(20)8-11-6-4-5-7-12(11)21-14(16)17/h4-7,14H,8-10,18H2,1-3H3. The van der Waals surface area contributed by atoms with Crippen molar-refractivity contribution >= 4 is 5.91 Å². The second kappa shape index (κ2) is 7.36. The molecule has 1 aromatic carbocycles. The summed E-state index contributed by atoms with van der Waals surface area (Å²) in [5, 5.41) is 0. The maximum Gasteiger partial charge on any atom is 0.387 e. The smallest absolute Gasteiger partial charge is 0.387 e. The molecule has 0 saturated heterocycles. The van der Waals surface area contributed by atoms with E-state index in [0.29, 0.717) is 18.7 Å². The van der Waals surface area contributed by atoms with Crippen LogP contribution in [0.15, 0.2) is 24.3 Å². The Balaban J connectivity index is 2.74. The zero-order valence-corrected chi connectivity index (χ0v) is 12.6. The number of ether oxygens (including phenoxy) is 1. The van der Waals surface area contributed by atoms with Crippen molar-refractivity contribution in [1.82, 2.24) is 4.90 Å². The first-order valence-electron chi connectivity index (χ1n) is 6.72. The van der Waals surface area contributed by atoms with Crippen LogP contribution in [0.2, 0.25) is 0 Å². The molecule has 0 fully saturated rings. The average Bonchev–Trinajstić information content (AvgIpc) is 2.40. The van der Waals surface area contributed by atoms with Crippen LogP contribution in [0.4, 0.5) is 8.78 Å². The quantitative estimate of drug-likeness (QED) is 0.840. The van der Waals surface area contributed by atoms with Crippen LogP contribution in [-0.2, 0) is 11.2 Å². The summed E-state index contributed by atoms with van der Waals surface area (Å²) in [7, 11) is 1.68. The number of carbonyl (C=O) groups excluding carboxylic acids is 1. The predicted octanol–water partition coefficient (Wildman–Crippen LogP) is 2.27. The lowest BCUT2D eigenvalue weighted by Crippen LogP contribution is -2.40. The van der Waals surface area contributed by atoms with Crippen molar-refractivity contribution < 1.29 is 18.3 Å². The van der Waals surface area contributed by atoms with Crippen LogP contribution in [0, 0.1) is 5.41 Å². The first kappa shape index (κ1) is 17.4. The minimum Gasteiger partial charge on any atom is -0.435 e. The fraction of sp³-hybridized carbons (Fsp3) is 0.533. The van der Waals surface area contributed by atoms with Crippen molar-refractivity contribution in [2.24, 2.45) is 11.1 Å². The lowest BCUT2D eigenvalue weighted by atomic mass is 9.93. The minimum absolute atomic E-state index is 0.0139. The predicted molar refractivity (Wildman–Crippen MR) is 77.3 cm³/mol. The van der Waals surface area contributed by atoms with Crippen LogP contribution in [0.3, 0.4) is 0 Å². The van der Waals surface area contributed by atoms with Gasteiger partial charge in [-0.25, -0.2) is 0 Å². The summed E-state index contributed by atoms with van der Waals surface area (Å²) in [6.07, 6.45) is 0.0139. The molecular weight excluding hydrogens is 278 g/mol. The number of hydrogen-bond donors (Lipinski definition) is 1. The molecule has 0 aromatic heterocycles. The maximum absolute atomic E-state index is 12.3. The lowest BCUT2D eigenvalue weighted by molar-refractivity contribution is -0.130. The van der Waals surface area contributed by atoms with Gasteiger partial charge in [0.25, 0.3) is 0 Å². The first-order valence-corrected chi connectivity index (χ1v) is 6.72. The Hall–Kier alpha value is -1.69. The molecule has 1 aromatic rings. The molecule has 0 saturated carbocycles. The molecule has 21 heavy (non-hydrogen) atoms. The third-order valence-corrected chi connectivity index (χ3v) is 3.17. The number of hydrogen-bond acceptors (Lipinski definition) is 3. The van der Waals surface area contributed by atoms with Gasteiger partial charge in [0.15, 0.2) is 0 Å². The van der Waals surface area contributed by atoms with Gasteiger partial charge in [0.1, 0.15) is 5.75 Å². The summed E-state index contributed by atoms with van der Waals surface area (Å²) in [6, 6.07) is 6.31. The molecule has 0 aliphatic rings. The number of nitrogens with zero attached hydrogens (tertiary/aromatic N) is 1. The number of amides is 1. The third kappa shape index (κ3) is 5.67. The van der Waals surface area contributed by atoms with E-state index in [0.717, 1.165) is 0 Å². The van der Waals surface area contributed by atoms with Crippen molar-refractivity contribution in [2.45, 2.75) is 26.9 Å². The van der Waals surface area contributed by atoms with Crippen LogP contribution in [0.1, 0.15) is 19.4 Å². The lowest BCUT2D eigenvalue weighted by Gasteiger charge is -2.29. The van der Waals surface area contributed by atoms with Gasteiger partial charge in [-0.15, -0.1) is 0 Å². The first-order chi connectivity index (χ1) is 9.75. The highest BCUT2D eigenvalue weighted by molar-refractivity contribution is 5.79. The van der Waals surface area contributed by atoms with Gasteiger partial charge in [-0.05, 0) is 18.0 Å². The van der Waals surface area contributed by atoms with E-state index in [-0.39, 0.29) is 23.5 Å². The van der Waals surface area contributed by atoms with Crippen molar-refractivity contribution in [3.05, 3.63) is 29.8 Å². The molecule has 0 bridgehead atoms. The molecule has 118 valence electrons. The molecule has 0 aliphatic heterocycles. The number of benzene rings is 1. The zero-order chi connectivity index (χ0) is 16.0. The topological polar surface area (TPSA) is 55.6 Å². The fourth-order valence-corrected chi connectivity index (χ4v) is 1.95. The van der Waals surface area contributed by atoms with Crippen molar-refractivity contribution in [1.29, 1.82) is 0 Å². The summed E-state index contributed by atoms with van der Waals surface area (Å²) < 4.78 is 29.1. The van der Waals surface area contributed by atoms with E-state index in [1.807, 2.05) is 13.8 Å². The van der Waals surface area contributed by atoms with Gasteiger partial charge >= 0.3 is 6.61 Å². The second-order valence-electron chi connectivity index (χ2n) is 5.78. The fourth-order valence-electron chi connectivity index (χ4n) is 1.95. The van der Waals surface area contributed by atoms with Gasteiger partial charge in [0, 0.05) is 19.2 Å². The van der Waals surface area contributed by atoms with Crippen LogP contribution < -0.4 is 10.5 Å². The largest absolute Gasteiger partial charge is 0.435 e. The monoisotopic (exact) mass is 300 g/mol. The van der Waals surface area contributed by atoms with E-state index in [4.69, 9.17) is 5.73 Å². The highest BCUT2D eigenvalue weighted by Crippen LogP contribution is 2.22. The number of alkyl halides is 2. The van der Waals surface area contributed by atoms with E-state index in [9.17, 15) is 13.6 Å². The summed E-state index contributed by atoms with van der Waals surface area (Å²) in [5.74, 6) is -0.130. The number of halogens is 2. The molecular formula is C15H22F2N2O2. The number of nitrogens with two attached hydrogens (primary N) is 1. The van der Waals surface area contributed by atoms with Crippen LogP contribution in [0.25, 0.3) is 0 Å². The molecule has 0 atom stereocenters. The molecule has 1 amide bonds. The molecule has 0 spiro atoms. The highest BCUT2D eigenvalue weighted by atomic mass is 19.3. The van der Waals surface area contributed by atoms with Crippen LogP contribution in [0.5, 0.6) is 5.75 Å². The summed E-state index contributed by atoms with van der Waals surface area (Å²) >= 11 is 0. The number of para-hydroxylation sites is 1. The van der Waals surface area contributed by atoms with E-state index >= 15 is 0 Å².